The fourth-order valence-corrected chi connectivity index (χ4v) is 2.46. The highest BCUT2D eigenvalue weighted by Gasteiger charge is 2.19. The zero-order chi connectivity index (χ0) is 20.7. The molecule has 1 aromatic carbocycles. The van der Waals surface area contributed by atoms with Gasteiger partial charge in [-0.3, -0.25) is 9.78 Å². The first-order chi connectivity index (χ1) is 13.2. The van der Waals surface area contributed by atoms with Crippen molar-refractivity contribution in [2.45, 2.75) is 27.2 Å². The highest BCUT2D eigenvalue weighted by molar-refractivity contribution is 5.76. The summed E-state index contributed by atoms with van der Waals surface area (Å²) in [5.74, 6) is 2.65. The summed E-state index contributed by atoms with van der Waals surface area (Å²) in [5, 5.41) is 0. The van der Waals surface area contributed by atoms with Gasteiger partial charge >= 0.3 is 0 Å². The van der Waals surface area contributed by atoms with Gasteiger partial charge in [0.05, 0.1) is 19.5 Å². The Morgan fingerprint density at radius 2 is 1.68 bits per heavy atom. The lowest BCUT2D eigenvalue weighted by molar-refractivity contribution is -0.131. The standard InChI is InChI=1S/C21H30N4O3/c1-21(2,3)13-20(26)25(5)12-11-24(4)18-14-22-15-19(23-18)28-17-9-7-16(27-6)8-10-17/h7-10,14-15H,11-13H2,1-6H3. The Labute approximate surface area is 167 Å². The molecule has 1 amide bonds. The molecule has 0 fully saturated rings. The van der Waals surface area contributed by atoms with Crippen LogP contribution in [0.4, 0.5) is 5.82 Å². The molecule has 0 aliphatic heterocycles. The van der Waals surface area contributed by atoms with Crippen LogP contribution in [0.3, 0.4) is 0 Å². The third kappa shape index (κ3) is 6.72. The number of aromatic nitrogens is 2. The molecule has 0 aliphatic carbocycles. The van der Waals surface area contributed by atoms with Gasteiger partial charge in [0.25, 0.3) is 0 Å². The van der Waals surface area contributed by atoms with Gasteiger partial charge in [0.2, 0.25) is 11.8 Å². The van der Waals surface area contributed by atoms with Crippen molar-refractivity contribution in [3.05, 3.63) is 36.7 Å². The number of carbonyl (C=O) groups is 1. The van der Waals surface area contributed by atoms with E-state index >= 15 is 0 Å². The summed E-state index contributed by atoms with van der Waals surface area (Å²) < 4.78 is 10.9. The Morgan fingerprint density at radius 1 is 1.04 bits per heavy atom. The van der Waals surface area contributed by atoms with E-state index in [-0.39, 0.29) is 11.3 Å². The van der Waals surface area contributed by atoms with Crippen LogP contribution in [0.25, 0.3) is 0 Å². The van der Waals surface area contributed by atoms with Gasteiger partial charge < -0.3 is 19.3 Å². The van der Waals surface area contributed by atoms with E-state index < -0.39 is 0 Å². The van der Waals surface area contributed by atoms with E-state index in [9.17, 15) is 4.79 Å². The smallest absolute Gasteiger partial charge is 0.239 e. The van der Waals surface area contributed by atoms with E-state index in [0.717, 1.165) is 5.75 Å². The maximum Gasteiger partial charge on any atom is 0.239 e. The van der Waals surface area contributed by atoms with Crippen molar-refractivity contribution in [1.82, 2.24) is 14.9 Å². The highest BCUT2D eigenvalue weighted by Crippen LogP contribution is 2.23. The van der Waals surface area contributed by atoms with Crippen molar-refractivity contribution in [3.63, 3.8) is 0 Å². The molecule has 1 aromatic heterocycles. The molecule has 1 heterocycles. The van der Waals surface area contributed by atoms with Gasteiger partial charge in [-0.2, -0.15) is 4.98 Å². The number of nitrogens with zero attached hydrogens (tertiary/aromatic N) is 4. The quantitative estimate of drug-likeness (QED) is 0.690. The minimum Gasteiger partial charge on any atom is -0.497 e. The van der Waals surface area contributed by atoms with Crippen molar-refractivity contribution < 1.29 is 14.3 Å². The number of amides is 1. The van der Waals surface area contributed by atoms with Gasteiger partial charge in [0.1, 0.15) is 11.5 Å². The van der Waals surface area contributed by atoms with Crippen LogP contribution in [0, 0.1) is 5.41 Å². The first-order valence-electron chi connectivity index (χ1n) is 9.27. The molecule has 0 saturated carbocycles. The van der Waals surface area contributed by atoms with E-state index in [0.29, 0.717) is 37.0 Å². The molecule has 0 aliphatic rings. The van der Waals surface area contributed by atoms with Gasteiger partial charge in [-0.25, -0.2) is 0 Å². The number of hydrogen-bond donors (Lipinski definition) is 0. The van der Waals surface area contributed by atoms with Gasteiger partial charge in [-0.05, 0) is 29.7 Å². The van der Waals surface area contributed by atoms with Gasteiger partial charge in [0, 0.05) is 33.6 Å². The normalized spacial score (nSPS) is 11.1. The van der Waals surface area contributed by atoms with Crippen LogP contribution in [-0.4, -0.2) is 55.1 Å². The molecule has 0 saturated heterocycles. The molecule has 0 unspecified atom stereocenters. The van der Waals surface area contributed by atoms with Crippen molar-refractivity contribution in [3.8, 4) is 17.4 Å². The predicted octanol–water partition coefficient (Wildman–Crippen LogP) is 3.61. The zero-order valence-electron chi connectivity index (χ0n) is 17.6. The molecule has 2 aromatic rings. The van der Waals surface area contributed by atoms with Crippen LogP contribution in [0.2, 0.25) is 0 Å². The number of anilines is 1. The van der Waals surface area contributed by atoms with Crippen LogP contribution < -0.4 is 14.4 Å². The summed E-state index contributed by atoms with van der Waals surface area (Å²) in [6.07, 6.45) is 3.77. The maximum atomic E-state index is 12.3. The lowest BCUT2D eigenvalue weighted by atomic mass is 9.92. The summed E-state index contributed by atoms with van der Waals surface area (Å²) in [6, 6.07) is 7.27. The summed E-state index contributed by atoms with van der Waals surface area (Å²) in [6.45, 7) is 7.45. The lowest BCUT2D eigenvalue weighted by Crippen LogP contribution is -2.36. The SMILES string of the molecule is COc1ccc(Oc2cncc(N(C)CCN(C)C(=O)CC(C)(C)C)n2)cc1. The second-order valence-corrected chi connectivity index (χ2v) is 7.97. The molecule has 2 rings (SSSR count). The Bertz CT molecular complexity index is 772. The highest BCUT2D eigenvalue weighted by atomic mass is 16.5. The Morgan fingerprint density at radius 3 is 2.29 bits per heavy atom. The van der Waals surface area contributed by atoms with Gasteiger partial charge in [-0.1, -0.05) is 20.8 Å². The Kier molecular flexibility index (Phi) is 7.20. The monoisotopic (exact) mass is 386 g/mol. The summed E-state index contributed by atoms with van der Waals surface area (Å²) in [4.78, 5) is 24.7. The first-order valence-corrected chi connectivity index (χ1v) is 9.27. The summed E-state index contributed by atoms with van der Waals surface area (Å²) >= 11 is 0. The van der Waals surface area contributed by atoms with Crippen molar-refractivity contribution in [2.75, 3.05) is 39.2 Å². The predicted molar refractivity (Wildman–Crippen MR) is 110 cm³/mol. The molecule has 0 radical (unpaired) electrons. The molecule has 0 bridgehead atoms. The molecule has 7 nitrogen and oxygen atoms in total. The van der Waals surface area contributed by atoms with Crippen molar-refractivity contribution in [1.29, 1.82) is 0 Å². The lowest BCUT2D eigenvalue weighted by Gasteiger charge is -2.26. The first kappa shape index (κ1) is 21.5. The average Bonchev–Trinajstić information content (AvgIpc) is 2.65. The number of carbonyl (C=O) groups excluding carboxylic acids is 1. The summed E-state index contributed by atoms with van der Waals surface area (Å²) in [5.41, 5.74) is -0.0180. The van der Waals surface area contributed by atoms with Crippen molar-refractivity contribution >= 4 is 11.7 Å². The minimum atomic E-state index is -0.0180. The van der Waals surface area contributed by atoms with E-state index in [1.807, 2.05) is 43.3 Å². The largest absolute Gasteiger partial charge is 0.497 e. The molecule has 0 atom stereocenters. The molecule has 152 valence electrons. The Balaban J connectivity index is 1.93. The molecular weight excluding hydrogens is 356 g/mol. The number of rotatable bonds is 8. The van der Waals surface area contributed by atoms with Gasteiger partial charge in [0.15, 0.2) is 5.82 Å². The van der Waals surface area contributed by atoms with E-state index in [2.05, 4.69) is 30.7 Å². The topological polar surface area (TPSA) is 67.8 Å². The fraction of sp³-hybridized carbons (Fsp3) is 0.476. The van der Waals surface area contributed by atoms with E-state index in [1.165, 1.54) is 0 Å². The second-order valence-electron chi connectivity index (χ2n) is 7.97. The summed E-state index contributed by atoms with van der Waals surface area (Å²) in [7, 11) is 5.37. The number of ether oxygens (including phenoxy) is 2. The molecule has 7 heteroatoms. The van der Waals surface area contributed by atoms with Crippen molar-refractivity contribution in [2.24, 2.45) is 5.41 Å². The van der Waals surface area contributed by atoms with Crippen LogP contribution in [0.5, 0.6) is 17.4 Å². The molecule has 0 spiro atoms. The molecule has 28 heavy (non-hydrogen) atoms. The third-order valence-electron chi connectivity index (χ3n) is 4.15. The van der Waals surface area contributed by atoms with Crippen LogP contribution in [0.15, 0.2) is 36.7 Å². The fourth-order valence-electron chi connectivity index (χ4n) is 2.46. The zero-order valence-corrected chi connectivity index (χ0v) is 17.6. The number of likely N-dealkylation sites (N-methyl/N-ethyl adjacent to an activating group) is 2. The maximum absolute atomic E-state index is 12.3. The Hall–Kier alpha value is -2.83. The second kappa shape index (κ2) is 9.39. The third-order valence-corrected chi connectivity index (χ3v) is 4.15. The number of benzene rings is 1. The molecule has 0 N–H and O–H groups in total. The number of methoxy groups -OCH3 is 1. The van der Waals surface area contributed by atoms with Gasteiger partial charge in [-0.15, -0.1) is 0 Å². The van der Waals surface area contributed by atoms with Crippen LogP contribution in [-0.2, 0) is 4.79 Å². The average molecular weight is 386 g/mol. The van der Waals surface area contributed by atoms with E-state index in [1.54, 1.807) is 24.4 Å². The van der Waals surface area contributed by atoms with Crippen LogP contribution >= 0.6 is 0 Å². The molecular formula is C21H30N4O3. The minimum absolute atomic E-state index is 0.0180. The van der Waals surface area contributed by atoms with Crippen LogP contribution in [0.1, 0.15) is 27.2 Å². The van der Waals surface area contributed by atoms with E-state index in [4.69, 9.17) is 9.47 Å². The number of hydrogen-bond acceptors (Lipinski definition) is 6.